The number of carbonyl (C=O) groups is 1. The zero-order chi connectivity index (χ0) is 15.0. The van der Waals surface area contributed by atoms with Crippen LogP contribution in [0, 0.1) is 12.7 Å². The van der Waals surface area contributed by atoms with Crippen molar-refractivity contribution >= 4 is 33.6 Å². The van der Waals surface area contributed by atoms with Crippen LogP contribution in [0.2, 0.25) is 0 Å². The van der Waals surface area contributed by atoms with E-state index in [0.29, 0.717) is 11.3 Å². The van der Waals surface area contributed by atoms with Crippen molar-refractivity contribution in [1.82, 2.24) is 9.78 Å². The number of halogens is 2. The fraction of sp³-hybridized carbons (Fsp3) is 0.0667. The maximum absolute atomic E-state index is 13.2. The summed E-state index contributed by atoms with van der Waals surface area (Å²) < 4.78 is 15.8. The zero-order valence-electron chi connectivity index (χ0n) is 11.0. The van der Waals surface area contributed by atoms with Gasteiger partial charge in [0.05, 0.1) is 16.1 Å². The Hall–Kier alpha value is -1.79. The first kappa shape index (κ1) is 14.2. The summed E-state index contributed by atoms with van der Waals surface area (Å²) in [5.74, 6) is -0.290. The molecule has 0 aliphatic rings. The predicted octanol–water partition coefficient (Wildman–Crippen LogP) is 4.62. The van der Waals surface area contributed by atoms with Crippen molar-refractivity contribution in [3.05, 3.63) is 57.3 Å². The van der Waals surface area contributed by atoms with Gasteiger partial charge in [-0.3, -0.25) is 4.79 Å². The number of carbonyl (C=O) groups excluding carboxylic acids is 1. The Bertz CT molecular complexity index is 825. The van der Waals surface area contributed by atoms with Crippen molar-refractivity contribution < 1.29 is 9.18 Å². The van der Waals surface area contributed by atoms with Crippen LogP contribution in [0.4, 0.5) is 4.39 Å². The molecule has 1 aromatic carbocycles. The van der Waals surface area contributed by atoms with Gasteiger partial charge in [0.1, 0.15) is 11.5 Å². The minimum Gasteiger partial charge on any atom is -0.298 e. The Kier molecular flexibility index (Phi) is 3.73. The first-order valence-electron chi connectivity index (χ1n) is 6.14. The van der Waals surface area contributed by atoms with E-state index in [1.54, 1.807) is 16.9 Å². The quantitative estimate of drug-likeness (QED) is 0.635. The summed E-state index contributed by atoms with van der Waals surface area (Å²) in [6, 6.07) is 6.40. The average molecular weight is 365 g/mol. The highest BCUT2D eigenvalue weighted by Crippen LogP contribution is 2.31. The van der Waals surface area contributed by atoms with Gasteiger partial charge in [0, 0.05) is 16.0 Å². The summed E-state index contributed by atoms with van der Waals surface area (Å²) in [7, 11) is 0. The van der Waals surface area contributed by atoms with Gasteiger partial charge in [0.25, 0.3) is 0 Å². The molecule has 0 aliphatic heterocycles. The zero-order valence-corrected chi connectivity index (χ0v) is 13.4. The van der Waals surface area contributed by atoms with Gasteiger partial charge in [-0.2, -0.15) is 5.10 Å². The van der Waals surface area contributed by atoms with Gasteiger partial charge in [-0.15, -0.1) is 11.3 Å². The van der Waals surface area contributed by atoms with Crippen LogP contribution in [0.1, 0.15) is 15.9 Å². The fourth-order valence-electron chi connectivity index (χ4n) is 2.10. The molecule has 0 fully saturated rings. The number of hydrogen-bond donors (Lipinski definition) is 0. The van der Waals surface area contributed by atoms with E-state index in [4.69, 9.17) is 0 Å². The molecule has 0 unspecified atom stereocenters. The van der Waals surface area contributed by atoms with E-state index in [-0.39, 0.29) is 5.82 Å². The molecule has 6 heteroatoms. The van der Waals surface area contributed by atoms with E-state index in [2.05, 4.69) is 21.0 Å². The average Bonchev–Trinajstić information content (AvgIpc) is 3.04. The number of benzene rings is 1. The third-order valence-corrected chi connectivity index (χ3v) is 4.77. The molecule has 3 nitrogen and oxygen atoms in total. The van der Waals surface area contributed by atoms with E-state index in [1.165, 1.54) is 23.5 Å². The van der Waals surface area contributed by atoms with Gasteiger partial charge in [-0.25, -0.2) is 9.07 Å². The van der Waals surface area contributed by atoms with Crippen LogP contribution in [0.25, 0.3) is 16.3 Å². The predicted molar refractivity (Wildman–Crippen MR) is 84.7 cm³/mol. The number of thiophene rings is 1. The van der Waals surface area contributed by atoms with Crippen LogP contribution in [0.3, 0.4) is 0 Å². The normalized spacial score (nSPS) is 10.8. The summed E-state index contributed by atoms with van der Waals surface area (Å²) >= 11 is 4.90. The summed E-state index contributed by atoms with van der Waals surface area (Å²) in [6.07, 6.45) is 2.45. The van der Waals surface area contributed by atoms with Gasteiger partial charge in [0.2, 0.25) is 0 Å². The Morgan fingerprint density at radius 1 is 1.38 bits per heavy atom. The lowest BCUT2D eigenvalue weighted by atomic mass is 10.2. The van der Waals surface area contributed by atoms with Crippen LogP contribution >= 0.6 is 27.3 Å². The lowest BCUT2D eigenvalue weighted by Gasteiger charge is -2.05. The molecule has 0 saturated carbocycles. The van der Waals surface area contributed by atoms with Crippen LogP contribution in [0.15, 0.2) is 40.3 Å². The molecule has 2 aromatic heterocycles. The third kappa shape index (κ3) is 2.69. The van der Waals surface area contributed by atoms with Crippen LogP contribution in [0.5, 0.6) is 0 Å². The molecule has 21 heavy (non-hydrogen) atoms. The molecule has 0 spiro atoms. The molecular weight excluding hydrogens is 355 g/mol. The number of aryl methyl sites for hydroxylation is 1. The molecule has 3 rings (SSSR count). The lowest BCUT2D eigenvalue weighted by Crippen LogP contribution is -1.98. The molecular formula is C15H10BrFN2OS. The first-order valence-corrected chi connectivity index (χ1v) is 7.81. The summed E-state index contributed by atoms with van der Waals surface area (Å²) in [6.45, 7) is 1.81. The monoisotopic (exact) mass is 364 g/mol. The smallest absolute Gasteiger partial charge is 0.153 e. The van der Waals surface area contributed by atoms with E-state index in [9.17, 15) is 9.18 Å². The van der Waals surface area contributed by atoms with Gasteiger partial charge in [0.15, 0.2) is 6.29 Å². The van der Waals surface area contributed by atoms with Gasteiger partial charge >= 0.3 is 0 Å². The van der Waals surface area contributed by atoms with Crippen molar-refractivity contribution in [2.24, 2.45) is 0 Å². The summed E-state index contributed by atoms with van der Waals surface area (Å²) in [5.41, 5.74) is 2.65. The molecule has 0 N–H and O–H groups in total. The highest BCUT2D eigenvalue weighted by Gasteiger charge is 2.14. The van der Waals surface area contributed by atoms with Crippen LogP contribution in [-0.2, 0) is 0 Å². The molecule has 106 valence electrons. The van der Waals surface area contributed by atoms with E-state index < -0.39 is 0 Å². The summed E-state index contributed by atoms with van der Waals surface area (Å²) in [5, 5.41) is 6.41. The Balaban J connectivity index is 2.13. The minimum atomic E-state index is -0.290. The number of hydrogen-bond acceptors (Lipinski definition) is 3. The van der Waals surface area contributed by atoms with E-state index >= 15 is 0 Å². The van der Waals surface area contributed by atoms with Crippen molar-refractivity contribution in [2.75, 3.05) is 0 Å². The van der Waals surface area contributed by atoms with Crippen molar-refractivity contribution in [1.29, 1.82) is 0 Å². The van der Waals surface area contributed by atoms with E-state index in [0.717, 1.165) is 26.9 Å². The number of aromatic nitrogens is 2. The molecule has 3 aromatic rings. The van der Waals surface area contributed by atoms with Crippen LogP contribution < -0.4 is 0 Å². The van der Waals surface area contributed by atoms with Gasteiger partial charge < -0.3 is 0 Å². The maximum atomic E-state index is 13.2. The fourth-order valence-corrected chi connectivity index (χ4v) is 3.54. The number of nitrogens with zero attached hydrogens (tertiary/aromatic N) is 2. The third-order valence-electron chi connectivity index (χ3n) is 3.08. The largest absolute Gasteiger partial charge is 0.298 e. The second-order valence-corrected chi connectivity index (χ2v) is 6.38. The van der Waals surface area contributed by atoms with Gasteiger partial charge in [-0.1, -0.05) is 0 Å². The van der Waals surface area contributed by atoms with Crippen molar-refractivity contribution in [3.63, 3.8) is 0 Å². The SMILES string of the molecule is Cc1cc(F)ccc1-n1cc(C=O)c(-c2cc(Br)cs2)n1. The maximum Gasteiger partial charge on any atom is 0.153 e. The molecule has 0 radical (unpaired) electrons. The Morgan fingerprint density at radius 3 is 2.81 bits per heavy atom. The minimum absolute atomic E-state index is 0.290. The second-order valence-electron chi connectivity index (χ2n) is 4.56. The molecule has 0 aliphatic carbocycles. The van der Waals surface area contributed by atoms with Crippen molar-refractivity contribution in [2.45, 2.75) is 6.92 Å². The first-order chi connectivity index (χ1) is 10.1. The standard InChI is InChI=1S/C15H10BrFN2OS/c1-9-4-12(17)2-3-13(9)19-6-10(7-20)15(18-19)14-5-11(16)8-21-14/h2-8H,1H3. The Labute approximate surface area is 133 Å². The van der Waals surface area contributed by atoms with Crippen molar-refractivity contribution in [3.8, 4) is 16.3 Å². The number of aldehydes is 1. The van der Waals surface area contributed by atoms with E-state index in [1.807, 2.05) is 18.4 Å². The highest BCUT2D eigenvalue weighted by atomic mass is 79.9. The molecule has 0 saturated heterocycles. The molecule has 0 amide bonds. The highest BCUT2D eigenvalue weighted by molar-refractivity contribution is 9.10. The van der Waals surface area contributed by atoms with Gasteiger partial charge in [-0.05, 0) is 52.7 Å². The summed E-state index contributed by atoms with van der Waals surface area (Å²) in [4.78, 5) is 12.2. The Morgan fingerprint density at radius 2 is 2.19 bits per heavy atom. The number of rotatable bonds is 3. The topological polar surface area (TPSA) is 34.9 Å². The molecule has 0 bridgehead atoms. The lowest BCUT2D eigenvalue weighted by molar-refractivity contribution is 0.112. The molecule has 0 atom stereocenters. The molecule has 2 heterocycles. The van der Waals surface area contributed by atoms with Crippen LogP contribution in [-0.4, -0.2) is 16.1 Å². The second kappa shape index (κ2) is 5.54.